The average Bonchev–Trinajstić information content (AvgIpc) is 3.60. The number of hydrogen-bond acceptors (Lipinski definition) is 6. The van der Waals surface area contributed by atoms with E-state index in [1.807, 2.05) is 0 Å². The highest BCUT2D eigenvalue weighted by molar-refractivity contribution is 6.07. The molecule has 3 aromatic carbocycles. The predicted molar refractivity (Wildman–Crippen MR) is 156 cm³/mol. The number of nitrogens with zero attached hydrogens (tertiary/aromatic N) is 1. The molecule has 49 heavy (non-hydrogen) atoms. The Balaban J connectivity index is 1.25. The number of alkyl halides is 8. The molecule has 2 atom stereocenters. The number of amides is 3. The van der Waals surface area contributed by atoms with E-state index in [4.69, 9.17) is 14.2 Å². The summed E-state index contributed by atoms with van der Waals surface area (Å²) in [5.74, 6) is 0.429. The third kappa shape index (κ3) is 7.09. The van der Waals surface area contributed by atoms with Crippen molar-refractivity contribution in [2.45, 2.75) is 62.5 Å². The molecule has 8 nitrogen and oxygen atoms in total. The van der Waals surface area contributed by atoms with Gasteiger partial charge in [-0.2, -0.15) is 26.3 Å². The van der Waals surface area contributed by atoms with Crippen LogP contribution in [0, 0.1) is 0 Å². The Morgan fingerprint density at radius 1 is 0.898 bits per heavy atom. The summed E-state index contributed by atoms with van der Waals surface area (Å²) in [6, 6.07) is 10.7. The summed E-state index contributed by atoms with van der Waals surface area (Å²) < 4.78 is 123. The second-order valence-corrected chi connectivity index (χ2v) is 11.7. The molecule has 2 aliphatic heterocycles. The van der Waals surface area contributed by atoms with Gasteiger partial charge in [0, 0.05) is 6.54 Å². The molecule has 3 aromatic rings. The minimum absolute atomic E-state index is 0.000160. The van der Waals surface area contributed by atoms with Gasteiger partial charge in [0.05, 0.1) is 12.2 Å². The van der Waals surface area contributed by atoms with Crippen LogP contribution in [-0.4, -0.2) is 54.5 Å². The number of ether oxygens (including phenoxy) is 3. The summed E-state index contributed by atoms with van der Waals surface area (Å²) in [5.41, 5.74) is -7.02. The fraction of sp³-hybridized carbons (Fsp3) is 0.394. The van der Waals surface area contributed by atoms with E-state index < -0.39 is 53.0 Å². The van der Waals surface area contributed by atoms with E-state index >= 15 is 0 Å². The summed E-state index contributed by atoms with van der Waals surface area (Å²) in [6.45, 7) is 1.52. The molecule has 0 radical (unpaired) electrons. The quantitative estimate of drug-likeness (QED) is 0.122. The molecule has 3 amide bonds. The van der Waals surface area contributed by atoms with Crippen LogP contribution in [-0.2, 0) is 35.0 Å². The van der Waals surface area contributed by atoms with Gasteiger partial charge in [-0.25, -0.2) is 13.6 Å². The van der Waals surface area contributed by atoms with Gasteiger partial charge in [-0.3, -0.25) is 9.69 Å². The molecule has 2 N–H and O–H groups in total. The molecule has 16 heteroatoms. The lowest BCUT2D eigenvalue weighted by Crippen LogP contribution is -2.48. The molecule has 2 unspecified atom stereocenters. The van der Waals surface area contributed by atoms with Crippen molar-refractivity contribution >= 4 is 11.9 Å². The Bertz CT molecular complexity index is 1700. The summed E-state index contributed by atoms with van der Waals surface area (Å²) >= 11 is 0. The highest BCUT2D eigenvalue weighted by atomic mass is 19.4. The van der Waals surface area contributed by atoms with Gasteiger partial charge in [-0.1, -0.05) is 24.3 Å². The maximum absolute atomic E-state index is 13.6. The number of carbonyl (C=O) groups is 2. The monoisotopic (exact) mass is 702 g/mol. The molecule has 2 aliphatic rings. The van der Waals surface area contributed by atoms with Gasteiger partial charge in [-0.05, 0) is 91.3 Å². The van der Waals surface area contributed by atoms with Crippen molar-refractivity contribution in [3.63, 3.8) is 0 Å². The van der Waals surface area contributed by atoms with E-state index in [1.54, 1.807) is 25.1 Å². The van der Waals surface area contributed by atoms with Crippen LogP contribution in [0.5, 0.6) is 17.2 Å². The number of rotatable bonds is 12. The molecule has 0 aromatic heterocycles. The smallest absolute Gasteiger partial charge is 0.427 e. The standard InChI is InChI=1S/C33H30F8N2O6/c1-30(22-10-13-25-26(17-22)49-18-48-25)28(44)43(29(45)42-30)14-2-3-15-47-24-12-11-23(31(46,27(34)35)33(39,40)41)16-20(24)7-4-19-5-8-21(9-6-19)32(36,37)38/h5-6,8-13,16-17,27,46H,2-4,7,14-15,18H2,1H3,(H,42,45). The first-order chi connectivity index (χ1) is 22.9. The maximum Gasteiger partial charge on any atom is 0.427 e. The molecular weight excluding hydrogens is 672 g/mol. The van der Waals surface area contributed by atoms with E-state index in [0.29, 0.717) is 28.7 Å². The number of hydrogen-bond donors (Lipinski definition) is 2. The molecule has 5 rings (SSSR count). The van der Waals surface area contributed by atoms with E-state index in [2.05, 4.69) is 5.32 Å². The largest absolute Gasteiger partial charge is 0.493 e. The van der Waals surface area contributed by atoms with Gasteiger partial charge in [-0.15, -0.1) is 0 Å². The molecule has 2 heterocycles. The summed E-state index contributed by atoms with van der Waals surface area (Å²) in [7, 11) is 0. The number of halogens is 8. The zero-order valence-electron chi connectivity index (χ0n) is 25.8. The minimum Gasteiger partial charge on any atom is -0.493 e. The summed E-state index contributed by atoms with van der Waals surface area (Å²) in [6.07, 6.45) is -14.1. The average molecular weight is 703 g/mol. The normalized spacial score (nSPS) is 19.0. The summed E-state index contributed by atoms with van der Waals surface area (Å²) in [5, 5.41) is 12.7. The Morgan fingerprint density at radius 3 is 2.22 bits per heavy atom. The van der Waals surface area contributed by atoms with Gasteiger partial charge in [0.1, 0.15) is 11.3 Å². The first-order valence-corrected chi connectivity index (χ1v) is 15.0. The van der Waals surface area contributed by atoms with Crippen LogP contribution < -0.4 is 19.5 Å². The van der Waals surface area contributed by atoms with Crippen molar-refractivity contribution in [1.29, 1.82) is 0 Å². The van der Waals surface area contributed by atoms with Crippen molar-refractivity contribution in [2.75, 3.05) is 19.9 Å². The molecule has 0 aliphatic carbocycles. The lowest BCUT2D eigenvalue weighted by Gasteiger charge is -2.30. The van der Waals surface area contributed by atoms with E-state index in [0.717, 1.165) is 29.2 Å². The first-order valence-electron chi connectivity index (χ1n) is 15.0. The van der Waals surface area contributed by atoms with Gasteiger partial charge >= 0.3 is 18.4 Å². The molecule has 0 spiro atoms. The fourth-order valence-electron chi connectivity index (χ4n) is 5.56. The van der Waals surface area contributed by atoms with Crippen LogP contribution in [0.15, 0.2) is 60.7 Å². The first kappa shape index (κ1) is 35.7. The minimum atomic E-state index is -5.73. The number of aliphatic hydroxyl groups is 1. The summed E-state index contributed by atoms with van der Waals surface area (Å²) in [4.78, 5) is 27.0. The Morgan fingerprint density at radius 2 is 1.57 bits per heavy atom. The number of carbonyl (C=O) groups excluding carboxylic acids is 2. The number of fused-ring (bicyclic) bond motifs is 1. The number of unbranched alkanes of at least 4 members (excludes halogenated alkanes) is 1. The Hall–Kier alpha value is -4.60. The van der Waals surface area contributed by atoms with Gasteiger partial charge in [0.2, 0.25) is 12.4 Å². The van der Waals surface area contributed by atoms with Crippen LogP contribution in [0.1, 0.15) is 47.6 Å². The van der Waals surface area contributed by atoms with Crippen LogP contribution in [0.4, 0.5) is 39.9 Å². The predicted octanol–water partition coefficient (Wildman–Crippen LogP) is 6.86. The Kier molecular flexibility index (Phi) is 9.74. The van der Waals surface area contributed by atoms with Crippen LogP contribution in [0.25, 0.3) is 0 Å². The van der Waals surface area contributed by atoms with Crippen molar-refractivity contribution < 1.29 is 64.0 Å². The van der Waals surface area contributed by atoms with Gasteiger partial charge in [0.25, 0.3) is 12.3 Å². The highest BCUT2D eigenvalue weighted by Gasteiger charge is 2.61. The zero-order chi connectivity index (χ0) is 35.8. The van der Waals surface area contributed by atoms with Crippen molar-refractivity contribution in [3.8, 4) is 17.2 Å². The molecule has 1 fully saturated rings. The molecule has 0 saturated carbocycles. The SMILES string of the molecule is CC1(c2ccc3c(c2)OCO3)NC(=O)N(CCCCOc2ccc(C(O)(C(F)F)C(F)(F)F)cc2CCc2ccc(C(F)(F)F)cc2)C1=O. The van der Waals surface area contributed by atoms with Crippen molar-refractivity contribution in [1.82, 2.24) is 10.2 Å². The molecular formula is C33H30F8N2O6. The number of imide groups is 1. The van der Waals surface area contributed by atoms with Crippen LogP contribution in [0.2, 0.25) is 0 Å². The highest BCUT2D eigenvalue weighted by Crippen LogP contribution is 2.45. The third-order valence-electron chi connectivity index (χ3n) is 8.47. The number of nitrogens with one attached hydrogen (secondary N) is 1. The number of aryl methyl sites for hydroxylation is 2. The van der Waals surface area contributed by atoms with E-state index in [-0.39, 0.29) is 56.9 Å². The van der Waals surface area contributed by atoms with Crippen LogP contribution >= 0.6 is 0 Å². The van der Waals surface area contributed by atoms with Crippen LogP contribution in [0.3, 0.4) is 0 Å². The lowest BCUT2D eigenvalue weighted by molar-refractivity contribution is -0.305. The van der Waals surface area contributed by atoms with Crippen molar-refractivity contribution in [3.05, 3.63) is 88.5 Å². The van der Waals surface area contributed by atoms with E-state index in [9.17, 15) is 49.8 Å². The van der Waals surface area contributed by atoms with Crippen molar-refractivity contribution in [2.24, 2.45) is 0 Å². The molecule has 264 valence electrons. The van der Waals surface area contributed by atoms with Gasteiger partial charge < -0.3 is 24.6 Å². The van der Waals surface area contributed by atoms with E-state index in [1.165, 1.54) is 12.1 Å². The lowest BCUT2D eigenvalue weighted by atomic mass is 9.90. The topological polar surface area (TPSA) is 97.3 Å². The van der Waals surface area contributed by atoms with Gasteiger partial charge in [0.15, 0.2) is 11.5 Å². The number of urea groups is 1. The third-order valence-corrected chi connectivity index (χ3v) is 8.47. The second-order valence-electron chi connectivity index (χ2n) is 11.7. The Labute approximate surface area is 274 Å². The second kappa shape index (κ2) is 13.4. The maximum atomic E-state index is 13.6. The number of benzene rings is 3. The zero-order valence-corrected chi connectivity index (χ0v) is 25.8. The molecule has 1 saturated heterocycles. The molecule has 0 bridgehead atoms. The fourth-order valence-corrected chi connectivity index (χ4v) is 5.56.